The number of ether oxygens (including phenoxy) is 2. The third kappa shape index (κ3) is 2.60. The summed E-state index contributed by atoms with van der Waals surface area (Å²) in [6, 6.07) is 8.17. The molecule has 0 aliphatic carbocycles. The summed E-state index contributed by atoms with van der Waals surface area (Å²) in [7, 11) is 3.76. The Morgan fingerprint density at radius 2 is 2.11 bits per heavy atom. The highest BCUT2D eigenvalue weighted by Gasteiger charge is 2.38. The van der Waals surface area contributed by atoms with Gasteiger partial charge in [0.25, 0.3) is 0 Å². The van der Waals surface area contributed by atoms with Gasteiger partial charge in [-0.25, -0.2) is 0 Å². The van der Waals surface area contributed by atoms with E-state index in [1.54, 1.807) is 7.11 Å². The molecular weight excluding hydrogens is 228 g/mol. The summed E-state index contributed by atoms with van der Waals surface area (Å²) in [5.41, 5.74) is 7.30. The highest BCUT2D eigenvalue weighted by molar-refractivity contribution is 5.48. The maximum atomic E-state index is 6.11. The van der Waals surface area contributed by atoms with Gasteiger partial charge in [0.1, 0.15) is 5.75 Å². The molecule has 1 saturated heterocycles. The highest BCUT2D eigenvalue weighted by Crippen LogP contribution is 2.29. The summed E-state index contributed by atoms with van der Waals surface area (Å²) in [4.78, 5) is 2.22. The van der Waals surface area contributed by atoms with Crippen molar-refractivity contribution in [3.8, 4) is 5.75 Å². The van der Waals surface area contributed by atoms with Gasteiger partial charge >= 0.3 is 0 Å². The van der Waals surface area contributed by atoms with Gasteiger partial charge in [0.05, 0.1) is 20.3 Å². The molecule has 1 aromatic carbocycles. The predicted octanol–water partition coefficient (Wildman–Crippen LogP) is 1.50. The van der Waals surface area contributed by atoms with Crippen LogP contribution in [0.1, 0.15) is 6.92 Å². The molecule has 4 nitrogen and oxygen atoms in total. The van der Waals surface area contributed by atoms with Gasteiger partial charge in [-0.15, -0.1) is 0 Å². The van der Waals surface area contributed by atoms with Crippen molar-refractivity contribution in [3.63, 3.8) is 0 Å². The minimum Gasteiger partial charge on any atom is -0.497 e. The van der Waals surface area contributed by atoms with E-state index >= 15 is 0 Å². The number of nitrogens with two attached hydrogens (primary N) is 1. The standard InChI is InChI=1S/C14H22N2O2/c1-14(10-18-8-13(14)15)9-16(2)11-4-6-12(17-3)7-5-11/h4-7,13H,8-10,15H2,1-3H3. The van der Waals surface area contributed by atoms with Crippen LogP contribution in [-0.4, -0.2) is 40.0 Å². The summed E-state index contributed by atoms with van der Waals surface area (Å²) in [5, 5.41) is 0. The van der Waals surface area contributed by atoms with E-state index in [0.29, 0.717) is 6.61 Å². The lowest BCUT2D eigenvalue weighted by Gasteiger charge is -2.33. The molecule has 4 heteroatoms. The van der Waals surface area contributed by atoms with Crippen LogP contribution in [0, 0.1) is 5.41 Å². The van der Waals surface area contributed by atoms with Crippen molar-refractivity contribution in [2.24, 2.45) is 11.1 Å². The van der Waals surface area contributed by atoms with Crippen molar-refractivity contribution in [1.82, 2.24) is 0 Å². The van der Waals surface area contributed by atoms with Gasteiger partial charge in [-0.1, -0.05) is 6.92 Å². The molecule has 0 spiro atoms. The van der Waals surface area contributed by atoms with Gasteiger partial charge in [0.15, 0.2) is 0 Å². The van der Waals surface area contributed by atoms with Crippen molar-refractivity contribution in [2.75, 3.05) is 38.8 Å². The molecule has 0 radical (unpaired) electrons. The van der Waals surface area contributed by atoms with E-state index in [9.17, 15) is 0 Å². The number of nitrogens with zero attached hydrogens (tertiary/aromatic N) is 1. The number of hydrogen-bond acceptors (Lipinski definition) is 4. The fourth-order valence-corrected chi connectivity index (χ4v) is 2.36. The van der Waals surface area contributed by atoms with Crippen LogP contribution in [0.5, 0.6) is 5.75 Å². The Kier molecular flexibility index (Phi) is 3.78. The normalized spacial score (nSPS) is 27.2. The number of rotatable bonds is 4. The van der Waals surface area contributed by atoms with E-state index in [2.05, 4.69) is 31.0 Å². The zero-order valence-electron chi connectivity index (χ0n) is 11.3. The molecule has 0 saturated carbocycles. The molecular formula is C14H22N2O2. The fraction of sp³-hybridized carbons (Fsp3) is 0.571. The van der Waals surface area contributed by atoms with Gasteiger partial charge in [-0.05, 0) is 24.3 Å². The van der Waals surface area contributed by atoms with E-state index in [1.807, 2.05) is 12.1 Å². The molecule has 1 heterocycles. The summed E-state index contributed by atoms with van der Waals surface area (Å²) >= 11 is 0. The topological polar surface area (TPSA) is 47.7 Å². The molecule has 1 aliphatic rings. The van der Waals surface area contributed by atoms with E-state index in [-0.39, 0.29) is 11.5 Å². The molecule has 1 aliphatic heterocycles. The molecule has 1 aromatic rings. The lowest BCUT2D eigenvalue weighted by Crippen LogP contribution is -2.46. The smallest absolute Gasteiger partial charge is 0.119 e. The lowest BCUT2D eigenvalue weighted by molar-refractivity contribution is 0.162. The maximum absolute atomic E-state index is 6.11. The SMILES string of the molecule is COc1ccc(N(C)CC2(C)COCC2N)cc1. The van der Waals surface area contributed by atoms with Crippen LogP contribution in [0.15, 0.2) is 24.3 Å². The van der Waals surface area contributed by atoms with Crippen LogP contribution >= 0.6 is 0 Å². The van der Waals surface area contributed by atoms with Crippen LogP contribution in [0.3, 0.4) is 0 Å². The zero-order valence-corrected chi connectivity index (χ0v) is 11.3. The van der Waals surface area contributed by atoms with E-state index in [4.69, 9.17) is 15.2 Å². The largest absolute Gasteiger partial charge is 0.497 e. The van der Waals surface area contributed by atoms with Gasteiger partial charge < -0.3 is 20.1 Å². The average molecular weight is 250 g/mol. The zero-order chi connectivity index (χ0) is 13.2. The first-order valence-corrected chi connectivity index (χ1v) is 6.24. The molecule has 2 N–H and O–H groups in total. The maximum Gasteiger partial charge on any atom is 0.119 e. The average Bonchev–Trinajstić information content (AvgIpc) is 2.69. The first kappa shape index (κ1) is 13.2. The minimum absolute atomic E-state index is 0.0225. The molecule has 0 bridgehead atoms. The Balaban J connectivity index is 2.04. The third-order valence-corrected chi connectivity index (χ3v) is 3.74. The van der Waals surface area contributed by atoms with Crippen molar-refractivity contribution < 1.29 is 9.47 Å². The summed E-state index contributed by atoms with van der Waals surface area (Å²) < 4.78 is 10.6. The van der Waals surface area contributed by atoms with E-state index in [0.717, 1.165) is 24.6 Å². The van der Waals surface area contributed by atoms with Gasteiger partial charge in [-0.2, -0.15) is 0 Å². The van der Waals surface area contributed by atoms with Crippen molar-refractivity contribution >= 4 is 5.69 Å². The first-order chi connectivity index (χ1) is 8.55. The quantitative estimate of drug-likeness (QED) is 0.879. The highest BCUT2D eigenvalue weighted by atomic mass is 16.5. The van der Waals surface area contributed by atoms with Crippen LogP contribution in [0.25, 0.3) is 0 Å². The Morgan fingerprint density at radius 3 is 2.61 bits per heavy atom. The van der Waals surface area contributed by atoms with Crippen LogP contribution in [-0.2, 0) is 4.74 Å². The van der Waals surface area contributed by atoms with Crippen molar-refractivity contribution in [1.29, 1.82) is 0 Å². The molecule has 0 aromatic heterocycles. The molecule has 100 valence electrons. The molecule has 1 fully saturated rings. The predicted molar refractivity (Wildman–Crippen MR) is 73.2 cm³/mol. The Labute approximate surface area is 109 Å². The Bertz CT molecular complexity index is 393. The number of benzene rings is 1. The lowest BCUT2D eigenvalue weighted by atomic mass is 9.85. The van der Waals surface area contributed by atoms with E-state index in [1.165, 1.54) is 0 Å². The monoisotopic (exact) mass is 250 g/mol. The molecule has 0 amide bonds. The van der Waals surface area contributed by atoms with Crippen molar-refractivity contribution in [3.05, 3.63) is 24.3 Å². The number of methoxy groups -OCH3 is 1. The Morgan fingerprint density at radius 1 is 1.44 bits per heavy atom. The Hall–Kier alpha value is -1.26. The second-order valence-electron chi connectivity index (χ2n) is 5.33. The summed E-state index contributed by atoms with van der Waals surface area (Å²) in [6.07, 6.45) is 0. The molecule has 18 heavy (non-hydrogen) atoms. The number of hydrogen-bond donors (Lipinski definition) is 1. The van der Waals surface area contributed by atoms with Crippen LogP contribution in [0.4, 0.5) is 5.69 Å². The summed E-state index contributed by atoms with van der Waals surface area (Å²) in [6.45, 7) is 4.47. The van der Waals surface area contributed by atoms with E-state index < -0.39 is 0 Å². The number of anilines is 1. The first-order valence-electron chi connectivity index (χ1n) is 6.24. The fourth-order valence-electron chi connectivity index (χ4n) is 2.36. The van der Waals surface area contributed by atoms with Gasteiger partial charge in [-0.3, -0.25) is 0 Å². The van der Waals surface area contributed by atoms with Crippen LogP contribution in [0.2, 0.25) is 0 Å². The van der Waals surface area contributed by atoms with Crippen LogP contribution < -0.4 is 15.4 Å². The van der Waals surface area contributed by atoms with Gasteiger partial charge in [0, 0.05) is 30.7 Å². The summed E-state index contributed by atoms with van der Waals surface area (Å²) in [5.74, 6) is 0.874. The third-order valence-electron chi connectivity index (χ3n) is 3.74. The molecule has 2 atom stereocenters. The molecule has 2 rings (SSSR count). The van der Waals surface area contributed by atoms with Crippen molar-refractivity contribution in [2.45, 2.75) is 13.0 Å². The second kappa shape index (κ2) is 5.16. The molecule has 2 unspecified atom stereocenters. The van der Waals surface area contributed by atoms with Gasteiger partial charge in [0.2, 0.25) is 0 Å². The second-order valence-corrected chi connectivity index (χ2v) is 5.33. The minimum atomic E-state index is 0.0225.